The number of hydrogen-bond donors (Lipinski definition) is 1. The summed E-state index contributed by atoms with van der Waals surface area (Å²) in [5.41, 5.74) is 3.16. The monoisotopic (exact) mass is 394 g/mol. The molecule has 1 aromatic heterocycles. The van der Waals surface area contributed by atoms with Crippen LogP contribution in [0, 0.1) is 13.8 Å². The SMILES string of the molecule is Cc1ccc(C)c(/C(O)=C2\C(=O)C(=O)N(CCOC(C)C)C2c2ccncc2)c1. The summed E-state index contributed by atoms with van der Waals surface area (Å²) >= 11 is 0. The molecule has 1 saturated heterocycles. The number of ether oxygens (including phenoxy) is 1. The molecule has 0 saturated carbocycles. The number of benzene rings is 1. The van der Waals surface area contributed by atoms with E-state index in [4.69, 9.17) is 4.74 Å². The third kappa shape index (κ3) is 4.22. The van der Waals surface area contributed by atoms with Gasteiger partial charge in [0.2, 0.25) is 0 Å². The lowest BCUT2D eigenvalue weighted by Gasteiger charge is -2.25. The van der Waals surface area contributed by atoms with Crippen molar-refractivity contribution in [2.75, 3.05) is 13.2 Å². The molecule has 1 N–H and O–H groups in total. The molecule has 1 unspecified atom stereocenters. The molecule has 1 aliphatic heterocycles. The van der Waals surface area contributed by atoms with Crippen molar-refractivity contribution in [1.29, 1.82) is 0 Å². The highest BCUT2D eigenvalue weighted by Crippen LogP contribution is 2.39. The Morgan fingerprint density at radius 1 is 1.17 bits per heavy atom. The first-order valence-electron chi connectivity index (χ1n) is 9.68. The summed E-state index contributed by atoms with van der Waals surface area (Å²) in [6.07, 6.45) is 3.23. The molecule has 0 aliphatic carbocycles. The fourth-order valence-corrected chi connectivity index (χ4v) is 3.53. The van der Waals surface area contributed by atoms with Crippen LogP contribution < -0.4 is 0 Å². The molecule has 152 valence electrons. The van der Waals surface area contributed by atoms with E-state index in [0.717, 1.165) is 16.7 Å². The minimum atomic E-state index is -0.686. The standard InChI is InChI=1S/C23H26N2O4/c1-14(2)29-12-11-25-20(17-7-9-24-10-8-17)19(22(27)23(25)28)21(26)18-13-15(3)5-6-16(18)4/h5-10,13-14,20,26H,11-12H2,1-4H3/b21-19+. The van der Waals surface area contributed by atoms with E-state index >= 15 is 0 Å². The number of hydrogen-bond acceptors (Lipinski definition) is 5. The number of Topliss-reactive ketones (excluding diaryl/α,β-unsaturated/α-hetero) is 1. The molecule has 6 nitrogen and oxygen atoms in total. The molecule has 6 heteroatoms. The second kappa shape index (κ2) is 8.57. The van der Waals surface area contributed by atoms with Gasteiger partial charge in [-0.15, -0.1) is 0 Å². The van der Waals surface area contributed by atoms with Crippen LogP contribution in [0.5, 0.6) is 0 Å². The molecule has 2 aromatic rings. The Labute approximate surface area is 170 Å². The molecule has 3 rings (SSSR count). The summed E-state index contributed by atoms with van der Waals surface area (Å²) in [5.74, 6) is -1.47. The first-order chi connectivity index (χ1) is 13.8. The van der Waals surface area contributed by atoms with E-state index in [1.165, 1.54) is 4.90 Å². The number of aliphatic hydroxyl groups is 1. The van der Waals surface area contributed by atoms with Crippen molar-refractivity contribution in [1.82, 2.24) is 9.88 Å². The van der Waals surface area contributed by atoms with Crippen LogP contribution >= 0.6 is 0 Å². The molecular weight excluding hydrogens is 368 g/mol. The van der Waals surface area contributed by atoms with Crippen molar-refractivity contribution in [2.45, 2.75) is 39.8 Å². The van der Waals surface area contributed by atoms with E-state index in [9.17, 15) is 14.7 Å². The fraction of sp³-hybridized carbons (Fsp3) is 0.348. The second-order valence-corrected chi connectivity index (χ2v) is 7.51. The van der Waals surface area contributed by atoms with E-state index in [1.807, 2.05) is 45.9 Å². The van der Waals surface area contributed by atoms with Gasteiger partial charge in [-0.1, -0.05) is 17.7 Å². The van der Waals surface area contributed by atoms with E-state index in [-0.39, 0.29) is 24.0 Å². The van der Waals surface area contributed by atoms with Crippen LogP contribution in [0.3, 0.4) is 0 Å². The first kappa shape index (κ1) is 20.7. The lowest BCUT2D eigenvalue weighted by atomic mass is 9.94. The Morgan fingerprint density at radius 2 is 1.86 bits per heavy atom. The summed E-state index contributed by atoms with van der Waals surface area (Å²) in [4.78, 5) is 31.3. The van der Waals surface area contributed by atoms with Crippen LogP contribution in [0.25, 0.3) is 5.76 Å². The molecule has 1 aliphatic rings. The van der Waals surface area contributed by atoms with Crippen molar-refractivity contribution in [2.24, 2.45) is 0 Å². The highest BCUT2D eigenvalue weighted by molar-refractivity contribution is 6.46. The van der Waals surface area contributed by atoms with E-state index in [0.29, 0.717) is 12.2 Å². The molecule has 0 bridgehead atoms. The Kier molecular flexibility index (Phi) is 6.13. The Morgan fingerprint density at radius 3 is 2.52 bits per heavy atom. The predicted octanol–water partition coefficient (Wildman–Crippen LogP) is 3.55. The number of ketones is 1. The summed E-state index contributed by atoms with van der Waals surface area (Å²) < 4.78 is 5.59. The van der Waals surface area contributed by atoms with Crippen molar-refractivity contribution in [3.63, 3.8) is 0 Å². The number of rotatable bonds is 6. The van der Waals surface area contributed by atoms with Gasteiger partial charge in [-0.2, -0.15) is 0 Å². The summed E-state index contributed by atoms with van der Waals surface area (Å²) in [6, 6.07) is 8.47. The lowest BCUT2D eigenvalue weighted by molar-refractivity contribution is -0.140. The average Bonchev–Trinajstić information content (AvgIpc) is 2.94. The van der Waals surface area contributed by atoms with Crippen LogP contribution in [-0.4, -0.2) is 45.9 Å². The fourth-order valence-electron chi connectivity index (χ4n) is 3.53. The van der Waals surface area contributed by atoms with Gasteiger partial charge in [0.1, 0.15) is 5.76 Å². The van der Waals surface area contributed by atoms with Crippen LogP contribution in [0.2, 0.25) is 0 Å². The van der Waals surface area contributed by atoms with Crippen LogP contribution in [0.15, 0.2) is 48.3 Å². The Balaban J connectivity index is 2.12. The molecule has 2 heterocycles. The molecular formula is C23H26N2O4. The quantitative estimate of drug-likeness (QED) is 0.460. The van der Waals surface area contributed by atoms with Gasteiger partial charge in [0.05, 0.1) is 24.3 Å². The van der Waals surface area contributed by atoms with Gasteiger partial charge in [0, 0.05) is 24.5 Å². The topological polar surface area (TPSA) is 79.7 Å². The maximum atomic E-state index is 12.9. The zero-order chi connectivity index (χ0) is 21.1. The Bertz CT molecular complexity index is 951. The number of carbonyl (C=O) groups excluding carboxylic acids is 2. The zero-order valence-corrected chi connectivity index (χ0v) is 17.2. The number of aryl methyl sites for hydroxylation is 2. The van der Waals surface area contributed by atoms with Gasteiger partial charge in [-0.05, 0) is 57.0 Å². The predicted molar refractivity (Wildman–Crippen MR) is 110 cm³/mol. The van der Waals surface area contributed by atoms with Crippen molar-refractivity contribution >= 4 is 17.4 Å². The summed E-state index contributed by atoms with van der Waals surface area (Å²) in [6.45, 7) is 8.15. The normalized spacial score (nSPS) is 18.7. The second-order valence-electron chi connectivity index (χ2n) is 7.51. The lowest BCUT2D eigenvalue weighted by Crippen LogP contribution is -2.33. The van der Waals surface area contributed by atoms with Crippen LogP contribution in [-0.2, 0) is 14.3 Å². The van der Waals surface area contributed by atoms with Crippen molar-refractivity contribution in [3.8, 4) is 0 Å². The number of aliphatic hydroxyl groups excluding tert-OH is 1. The zero-order valence-electron chi connectivity index (χ0n) is 17.2. The van der Waals surface area contributed by atoms with Gasteiger partial charge >= 0.3 is 0 Å². The highest BCUT2D eigenvalue weighted by Gasteiger charge is 2.46. The van der Waals surface area contributed by atoms with E-state index in [1.54, 1.807) is 24.5 Å². The largest absolute Gasteiger partial charge is 0.507 e. The van der Waals surface area contributed by atoms with Gasteiger partial charge in [0.25, 0.3) is 11.7 Å². The molecule has 1 aromatic carbocycles. The number of pyridine rings is 1. The number of nitrogens with zero attached hydrogens (tertiary/aromatic N) is 2. The Hall–Kier alpha value is -2.99. The van der Waals surface area contributed by atoms with Crippen LogP contribution in [0.1, 0.15) is 42.1 Å². The first-order valence-corrected chi connectivity index (χ1v) is 9.68. The van der Waals surface area contributed by atoms with Crippen molar-refractivity contribution in [3.05, 3.63) is 70.6 Å². The average molecular weight is 394 g/mol. The molecule has 0 spiro atoms. The van der Waals surface area contributed by atoms with E-state index < -0.39 is 17.7 Å². The van der Waals surface area contributed by atoms with Crippen molar-refractivity contribution < 1.29 is 19.4 Å². The number of aromatic nitrogens is 1. The maximum absolute atomic E-state index is 12.9. The smallest absolute Gasteiger partial charge is 0.295 e. The molecule has 1 atom stereocenters. The number of amides is 1. The van der Waals surface area contributed by atoms with Gasteiger partial charge in [-0.3, -0.25) is 14.6 Å². The summed E-state index contributed by atoms with van der Waals surface area (Å²) in [5, 5.41) is 11.1. The summed E-state index contributed by atoms with van der Waals surface area (Å²) in [7, 11) is 0. The molecule has 29 heavy (non-hydrogen) atoms. The third-order valence-electron chi connectivity index (χ3n) is 4.99. The third-order valence-corrected chi connectivity index (χ3v) is 4.99. The molecule has 0 radical (unpaired) electrons. The highest BCUT2D eigenvalue weighted by atomic mass is 16.5. The van der Waals surface area contributed by atoms with Gasteiger partial charge in [0.15, 0.2) is 0 Å². The minimum absolute atomic E-state index is 0.0149. The van der Waals surface area contributed by atoms with Gasteiger partial charge < -0.3 is 14.7 Å². The van der Waals surface area contributed by atoms with Gasteiger partial charge in [-0.25, -0.2) is 0 Å². The minimum Gasteiger partial charge on any atom is -0.507 e. The number of carbonyl (C=O) groups is 2. The van der Waals surface area contributed by atoms with E-state index in [2.05, 4.69) is 4.98 Å². The maximum Gasteiger partial charge on any atom is 0.295 e. The molecule has 1 amide bonds. The number of likely N-dealkylation sites (tertiary alicyclic amines) is 1. The van der Waals surface area contributed by atoms with Crippen LogP contribution in [0.4, 0.5) is 0 Å². The molecule has 1 fully saturated rings.